The summed E-state index contributed by atoms with van der Waals surface area (Å²) in [5.74, 6) is -5.02. The van der Waals surface area contributed by atoms with Gasteiger partial charge in [-0.1, -0.05) is 61.3 Å². The maximum atomic E-state index is 13.9. The largest absolute Gasteiger partial charge is 0.481 e. The zero-order valence-corrected chi connectivity index (χ0v) is 25.7. The van der Waals surface area contributed by atoms with Gasteiger partial charge >= 0.3 is 5.97 Å². The molecule has 3 N–H and O–H groups in total. The van der Waals surface area contributed by atoms with Gasteiger partial charge in [0.05, 0.1) is 18.0 Å². The molecule has 0 radical (unpaired) electrons. The van der Waals surface area contributed by atoms with E-state index in [1.807, 2.05) is 0 Å². The molecule has 4 aromatic rings. The number of pyridine rings is 1. The van der Waals surface area contributed by atoms with Gasteiger partial charge in [0.25, 0.3) is 11.8 Å². The number of fused-ring (bicyclic) bond motifs is 1. The van der Waals surface area contributed by atoms with Crippen molar-refractivity contribution in [1.82, 2.24) is 25.5 Å². The van der Waals surface area contributed by atoms with Crippen molar-refractivity contribution >= 4 is 63.8 Å². The SMILES string of the molecule is CC(C)[C@H](NC(=O)c1ccccc1)C(=O)N(CC(=O)N[C@@H](CC(=O)O)C(=O)c1nc2c(Cl)cc(Cl)cc2o1)Cc1cccnc1. The standard InChI is InChI=1S/C31H29Cl2N5O7/c1-17(2)26(36-29(43)19-8-4-3-5-9-19)31(44)38(15-18-7-6-10-34-14-18)16-24(39)35-22(13-25(40)41)28(42)30-37-27-21(33)11-20(32)12-23(27)45-30/h3-12,14,17,22,26H,13,15-16H2,1-2H3,(H,35,39)(H,36,43)(H,40,41)/t22-,26-/m0/s1. The molecule has 0 spiro atoms. The van der Waals surface area contributed by atoms with Crippen LogP contribution in [-0.4, -0.2) is 68.1 Å². The highest BCUT2D eigenvalue weighted by Gasteiger charge is 2.33. The van der Waals surface area contributed by atoms with Gasteiger partial charge in [0.2, 0.25) is 17.6 Å². The van der Waals surface area contributed by atoms with Crippen molar-refractivity contribution in [2.75, 3.05) is 6.54 Å². The van der Waals surface area contributed by atoms with E-state index in [0.717, 1.165) is 0 Å². The zero-order valence-electron chi connectivity index (χ0n) is 24.2. The Hall–Kier alpha value is -4.81. The number of Topliss-reactive ketones (excluding diaryl/α,β-unsaturated/α-hetero) is 1. The summed E-state index contributed by atoms with van der Waals surface area (Å²) in [7, 11) is 0. The third-order valence-electron chi connectivity index (χ3n) is 6.65. The fourth-order valence-electron chi connectivity index (χ4n) is 4.46. The van der Waals surface area contributed by atoms with E-state index in [-0.39, 0.29) is 33.6 Å². The van der Waals surface area contributed by atoms with Crippen LogP contribution in [0.3, 0.4) is 0 Å². The molecule has 0 unspecified atom stereocenters. The molecule has 12 nitrogen and oxygen atoms in total. The summed E-state index contributed by atoms with van der Waals surface area (Å²) >= 11 is 12.1. The van der Waals surface area contributed by atoms with Crippen molar-refractivity contribution in [1.29, 1.82) is 0 Å². The number of nitrogens with zero attached hydrogens (tertiary/aromatic N) is 3. The van der Waals surface area contributed by atoms with Crippen LogP contribution < -0.4 is 10.6 Å². The lowest BCUT2D eigenvalue weighted by molar-refractivity contribution is -0.140. The lowest BCUT2D eigenvalue weighted by Gasteiger charge is -2.30. The number of aromatic nitrogens is 2. The number of carbonyl (C=O) groups is 5. The summed E-state index contributed by atoms with van der Waals surface area (Å²) in [6.45, 7) is 2.86. The quantitative estimate of drug-likeness (QED) is 0.179. The Morgan fingerprint density at radius 1 is 1.00 bits per heavy atom. The van der Waals surface area contributed by atoms with Gasteiger partial charge in [-0.25, -0.2) is 4.98 Å². The molecule has 234 valence electrons. The van der Waals surface area contributed by atoms with Crippen LogP contribution in [0.15, 0.2) is 71.4 Å². The third kappa shape index (κ3) is 8.64. The van der Waals surface area contributed by atoms with Gasteiger partial charge in [-0.2, -0.15) is 0 Å². The smallest absolute Gasteiger partial charge is 0.305 e. The highest BCUT2D eigenvalue weighted by molar-refractivity contribution is 6.38. The van der Waals surface area contributed by atoms with Crippen LogP contribution in [0.1, 0.15) is 46.9 Å². The number of halogens is 2. The number of carboxylic acid groups (broad SMARTS) is 1. The highest BCUT2D eigenvalue weighted by Crippen LogP contribution is 2.28. The van der Waals surface area contributed by atoms with Crippen LogP contribution in [-0.2, 0) is 20.9 Å². The molecule has 0 saturated heterocycles. The average Bonchev–Trinajstić information content (AvgIpc) is 3.43. The minimum atomic E-state index is -1.59. The molecule has 3 amide bonds. The van der Waals surface area contributed by atoms with Crippen LogP contribution in [0, 0.1) is 5.92 Å². The molecule has 0 aliphatic carbocycles. The summed E-state index contributed by atoms with van der Waals surface area (Å²) in [6.07, 6.45) is 2.28. The Bertz CT molecular complexity index is 1710. The maximum absolute atomic E-state index is 13.9. The molecule has 0 saturated carbocycles. The molecule has 45 heavy (non-hydrogen) atoms. The molecule has 0 aliphatic heterocycles. The van der Waals surface area contributed by atoms with E-state index in [1.54, 1.807) is 62.5 Å². The minimum absolute atomic E-state index is 0.0630. The number of amides is 3. The Balaban J connectivity index is 1.57. The molecule has 0 bridgehead atoms. The predicted molar refractivity (Wildman–Crippen MR) is 165 cm³/mol. The van der Waals surface area contributed by atoms with Gasteiger partial charge < -0.3 is 25.1 Å². The number of oxazole rings is 1. The molecule has 2 heterocycles. The number of carboxylic acids is 1. The Kier molecular flexibility index (Phi) is 10.9. The number of hydrogen-bond acceptors (Lipinski definition) is 8. The van der Waals surface area contributed by atoms with Crippen molar-refractivity contribution in [3.05, 3.63) is 94.1 Å². The Morgan fingerprint density at radius 3 is 2.38 bits per heavy atom. The summed E-state index contributed by atoms with van der Waals surface area (Å²) in [5, 5.41) is 15.0. The minimum Gasteiger partial charge on any atom is -0.481 e. The normalized spacial score (nSPS) is 12.4. The van der Waals surface area contributed by atoms with Crippen molar-refractivity contribution in [2.24, 2.45) is 5.92 Å². The first-order valence-electron chi connectivity index (χ1n) is 13.8. The van der Waals surface area contributed by atoms with Crippen LogP contribution in [0.2, 0.25) is 10.0 Å². The first-order chi connectivity index (χ1) is 21.4. The van der Waals surface area contributed by atoms with Gasteiger partial charge in [-0.05, 0) is 35.7 Å². The van der Waals surface area contributed by atoms with Gasteiger partial charge in [-0.3, -0.25) is 29.0 Å². The highest BCUT2D eigenvalue weighted by atomic mass is 35.5. The number of carbonyl (C=O) groups excluding carboxylic acids is 4. The fraction of sp³-hybridized carbons (Fsp3) is 0.258. The van der Waals surface area contributed by atoms with Gasteiger partial charge in [0, 0.05) is 35.6 Å². The Morgan fingerprint density at radius 2 is 1.73 bits per heavy atom. The predicted octanol–water partition coefficient (Wildman–Crippen LogP) is 4.16. The first-order valence-corrected chi connectivity index (χ1v) is 14.5. The molecular weight excluding hydrogens is 625 g/mol. The van der Waals surface area contributed by atoms with E-state index in [4.69, 9.17) is 27.6 Å². The molecule has 2 aromatic heterocycles. The lowest BCUT2D eigenvalue weighted by atomic mass is 10.0. The molecule has 2 aromatic carbocycles. The van der Waals surface area contributed by atoms with E-state index in [2.05, 4.69) is 20.6 Å². The average molecular weight is 655 g/mol. The monoisotopic (exact) mass is 653 g/mol. The molecule has 4 rings (SSSR count). The third-order valence-corrected chi connectivity index (χ3v) is 7.16. The number of nitrogens with one attached hydrogen (secondary N) is 2. The summed E-state index contributed by atoms with van der Waals surface area (Å²) in [4.78, 5) is 74.4. The molecular formula is C31H29Cl2N5O7. The number of ketones is 1. The van der Waals surface area contributed by atoms with Crippen LogP contribution >= 0.6 is 23.2 Å². The second kappa shape index (κ2) is 14.8. The second-order valence-electron chi connectivity index (χ2n) is 10.5. The van der Waals surface area contributed by atoms with Crippen molar-refractivity contribution < 1.29 is 33.5 Å². The zero-order chi connectivity index (χ0) is 32.7. The lowest BCUT2D eigenvalue weighted by Crippen LogP contribution is -2.54. The van der Waals surface area contributed by atoms with Gasteiger partial charge in [0.1, 0.15) is 17.6 Å². The number of rotatable bonds is 13. The summed E-state index contributed by atoms with van der Waals surface area (Å²) in [5.41, 5.74) is 1.18. The van der Waals surface area contributed by atoms with E-state index in [0.29, 0.717) is 11.1 Å². The van der Waals surface area contributed by atoms with Crippen LogP contribution in [0.4, 0.5) is 0 Å². The van der Waals surface area contributed by atoms with Crippen molar-refractivity contribution in [2.45, 2.75) is 38.9 Å². The first kappa shape index (κ1) is 33.1. The van der Waals surface area contributed by atoms with Crippen molar-refractivity contribution in [3.8, 4) is 0 Å². The Labute approximate surface area is 267 Å². The van der Waals surface area contributed by atoms with E-state index in [9.17, 15) is 29.1 Å². The maximum Gasteiger partial charge on any atom is 0.305 e. The second-order valence-corrected chi connectivity index (χ2v) is 11.3. The van der Waals surface area contributed by atoms with E-state index < -0.39 is 60.4 Å². The van der Waals surface area contributed by atoms with E-state index >= 15 is 0 Å². The number of benzene rings is 2. The molecule has 2 atom stereocenters. The van der Waals surface area contributed by atoms with E-state index in [1.165, 1.54) is 23.2 Å². The van der Waals surface area contributed by atoms with Crippen LogP contribution in [0.25, 0.3) is 11.1 Å². The van der Waals surface area contributed by atoms with Gasteiger partial charge in [-0.15, -0.1) is 0 Å². The molecule has 14 heteroatoms. The molecule has 0 fully saturated rings. The molecule has 0 aliphatic rings. The number of hydrogen-bond donors (Lipinski definition) is 3. The fourth-order valence-corrected chi connectivity index (χ4v) is 4.97. The number of aliphatic carboxylic acids is 1. The van der Waals surface area contributed by atoms with Crippen LogP contribution in [0.5, 0.6) is 0 Å². The topological polar surface area (TPSA) is 172 Å². The summed E-state index contributed by atoms with van der Waals surface area (Å²) < 4.78 is 5.48. The van der Waals surface area contributed by atoms with Gasteiger partial charge in [0.15, 0.2) is 5.58 Å². The van der Waals surface area contributed by atoms with Crippen molar-refractivity contribution in [3.63, 3.8) is 0 Å². The summed E-state index contributed by atoms with van der Waals surface area (Å²) in [6, 6.07) is 11.9.